The Labute approximate surface area is 167 Å². The summed E-state index contributed by atoms with van der Waals surface area (Å²) in [6.45, 7) is 1.15. The van der Waals surface area contributed by atoms with Gasteiger partial charge in [-0.2, -0.15) is 0 Å². The van der Waals surface area contributed by atoms with Gasteiger partial charge < -0.3 is 17.7 Å². The van der Waals surface area contributed by atoms with E-state index in [0.717, 1.165) is 18.9 Å². The molecule has 2 rings (SSSR count). The number of halogens is 3. The molecule has 0 N–H and O–H groups in total. The topological polar surface area (TPSA) is 9.23 Å². The Bertz CT molecular complexity index is 468. The van der Waals surface area contributed by atoms with Gasteiger partial charge in [0.05, 0.1) is 6.10 Å². The van der Waals surface area contributed by atoms with E-state index < -0.39 is 12.4 Å². The largest absolute Gasteiger partial charge is 1.00 e. The van der Waals surface area contributed by atoms with Crippen molar-refractivity contribution in [3.05, 3.63) is 23.8 Å². The average Bonchev–Trinajstić information content (AvgIpc) is 2.29. The van der Waals surface area contributed by atoms with Gasteiger partial charge in [0.2, 0.25) is 0 Å². The molecule has 21 heavy (non-hydrogen) atoms. The van der Waals surface area contributed by atoms with Crippen molar-refractivity contribution in [3.63, 3.8) is 0 Å². The number of aryl methyl sites for hydroxylation is 1. The molecule has 2 atom stereocenters. The van der Waals surface area contributed by atoms with Gasteiger partial charge in [-0.05, 0) is 49.7 Å². The molecule has 0 saturated heterocycles. The summed E-state index contributed by atoms with van der Waals surface area (Å²) in [5.74, 6) is 1.81. The first-order valence-electron chi connectivity index (χ1n) is 7.23. The minimum atomic E-state index is -4.93. The molecular weight excluding hydrogens is 303 g/mol. The first-order valence-corrected chi connectivity index (χ1v) is 7.23. The van der Waals surface area contributed by atoms with E-state index in [1.807, 2.05) is 0 Å². The summed E-state index contributed by atoms with van der Waals surface area (Å²) >= 11 is 0. The maximum Gasteiger partial charge on any atom is 1.00 e. The van der Waals surface area contributed by atoms with Crippen molar-refractivity contribution < 1.29 is 69.1 Å². The molecule has 2 unspecified atom stereocenters. The van der Waals surface area contributed by atoms with Crippen LogP contribution in [-0.2, 0) is 0 Å². The molecule has 0 amide bonds. The summed E-state index contributed by atoms with van der Waals surface area (Å²) in [7, 11) is 0. The summed E-state index contributed by atoms with van der Waals surface area (Å²) in [4.78, 5) is 0. The van der Waals surface area contributed by atoms with Crippen LogP contribution in [0.4, 0.5) is 12.9 Å². The fourth-order valence-electron chi connectivity index (χ4n) is 3.16. The Morgan fingerprint density at radius 3 is 2.10 bits per heavy atom. The molecule has 1 fully saturated rings. The van der Waals surface area contributed by atoms with Gasteiger partial charge in [-0.3, -0.25) is 0 Å². The number of rotatable bonds is 3. The van der Waals surface area contributed by atoms with Crippen molar-refractivity contribution in [1.29, 1.82) is 0 Å². The molecule has 6 heteroatoms. The van der Waals surface area contributed by atoms with Gasteiger partial charge in [0, 0.05) is 0 Å². The molecule has 1 nitrogen and oxygen atoms in total. The van der Waals surface area contributed by atoms with Gasteiger partial charge in [0.15, 0.2) is 0 Å². The zero-order valence-corrected chi connectivity index (χ0v) is 16.3. The van der Waals surface area contributed by atoms with Crippen molar-refractivity contribution in [3.8, 4) is 5.75 Å². The predicted octanol–water partition coefficient (Wildman–Crippen LogP) is 1.26. The number of benzene rings is 1. The zero-order valence-electron chi connectivity index (χ0n) is 13.2. The van der Waals surface area contributed by atoms with E-state index in [2.05, 4.69) is 13.8 Å². The van der Waals surface area contributed by atoms with E-state index in [9.17, 15) is 12.9 Å². The van der Waals surface area contributed by atoms with Crippen LogP contribution in [0.5, 0.6) is 5.75 Å². The van der Waals surface area contributed by atoms with Crippen LogP contribution in [0.2, 0.25) is 0 Å². The molecule has 1 aromatic carbocycles. The normalized spacial score (nSPS) is 26.1. The third-order valence-electron chi connectivity index (χ3n) is 4.01. The van der Waals surface area contributed by atoms with Gasteiger partial charge in [-0.1, -0.05) is 26.0 Å². The van der Waals surface area contributed by atoms with Crippen molar-refractivity contribution in [2.75, 3.05) is 0 Å². The molecule has 1 saturated carbocycles. The van der Waals surface area contributed by atoms with Crippen LogP contribution in [-0.4, -0.2) is 13.1 Å². The number of hydrogen-bond acceptors (Lipinski definition) is 1. The average molecular weight is 324 g/mol. The summed E-state index contributed by atoms with van der Waals surface area (Å²) in [5, 5.41) is 0. The van der Waals surface area contributed by atoms with Gasteiger partial charge in [-0.25, -0.2) is 0 Å². The van der Waals surface area contributed by atoms with E-state index in [1.54, 1.807) is 6.92 Å². The Hall–Kier alpha value is 0.511. The molecule has 0 spiro atoms. The quantitative estimate of drug-likeness (QED) is 0.761. The summed E-state index contributed by atoms with van der Waals surface area (Å²) < 4.78 is 44.0. The fraction of sp³-hybridized carbons (Fsp3) is 0.600. The van der Waals surface area contributed by atoms with E-state index in [1.165, 1.54) is 18.6 Å². The maximum absolute atomic E-state index is 12.7. The fourth-order valence-corrected chi connectivity index (χ4v) is 3.16. The molecule has 1 aliphatic rings. The SMILES string of the molecule is Cc1cc([B-](F)(F)F)ccc1OC1CC(C)CC(C)C1.[K+]. The van der Waals surface area contributed by atoms with Crippen molar-refractivity contribution in [2.45, 2.75) is 46.1 Å². The summed E-state index contributed by atoms with van der Waals surface area (Å²) in [6, 6.07) is 3.77. The van der Waals surface area contributed by atoms with E-state index in [0.29, 0.717) is 23.1 Å². The third-order valence-corrected chi connectivity index (χ3v) is 4.01. The molecule has 1 aliphatic carbocycles. The second-order valence-electron chi connectivity index (χ2n) is 6.26. The van der Waals surface area contributed by atoms with Crippen LogP contribution < -0.4 is 61.6 Å². The van der Waals surface area contributed by atoms with Gasteiger partial charge in [0.1, 0.15) is 5.75 Å². The van der Waals surface area contributed by atoms with Gasteiger partial charge in [-0.15, -0.1) is 5.46 Å². The third kappa shape index (κ3) is 5.57. The first-order chi connectivity index (χ1) is 9.25. The van der Waals surface area contributed by atoms with Crippen LogP contribution in [0.15, 0.2) is 18.2 Å². The zero-order chi connectivity index (χ0) is 14.9. The van der Waals surface area contributed by atoms with Gasteiger partial charge in [0.25, 0.3) is 0 Å². The van der Waals surface area contributed by atoms with E-state index in [-0.39, 0.29) is 57.5 Å². The number of hydrogen-bond donors (Lipinski definition) is 0. The maximum atomic E-state index is 12.7. The Kier molecular flexibility index (Phi) is 7.32. The van der Waals surface area contributed by atoms with Crippen molar-refractivity contribution >= 4 is 12.4 Å². The molecule has 1 aromatic rings. The molecule has 0 aromatic heterocycles. The van der Waals surface area contributed by atoms with Crippen LogP contribution in [0.25, 0.3) is 0 Å². The molecule has 0 radical (unpaired) electrons. The standard InChI is InChI=1S/C15H21BF3O.K/c1-10-6-11(2)8-14(7-10)20-15-5-4-13(9-12(15)3)16(17,18)19;/h4-5,9-11,14H,6-8H2,1-3H3;/q-1;+1. The van der Waals surface area contributed by atoms with Crippen LogP contribution in [0.1, 0.15) is 38.7 Å². The molecule has 112 valence electrons. The molecular formula is C15H21BF3KO. The predicted molar refractivity (Wildman–Crippen MR) is 76.5 cm³/mol. The van der Waals surface area contributed by atoms with E-state index in [4.69, 9.17) is 4.74 Å². The van der Waals surface area contributed by atoms with Crippen molar-refractivity contribution in [2.24, 2.45) is 11.8 Å². The summed E-state index contributed by atoms with van der Waals surface area (Å²) in [6.07, 6.45) is 3.28. The van der Waals surface area contributed by atoms with E-state index >= 15 is 0 Å². The van der Waals surface area contributed by atoms with Crippen LogP contribution in [0.3, 0.4) is 0 Å². The molecule has 0 aliphatic heterocycles. The molecule has 0 heterocycles. The minimum Gasteiger partial charge on any atom is -0.490 e. The van der Waals surface area contributed by atoms with Crippen LogP contribution >= 0.6 is 0 Å². The minimum absolute atomic E-state index is 0. The first kappa shape index (κ1) is 19.6. The Balaban J connectivity index is 0.00000220. The summed E-state index contributed by atoms with van der Waals surface area (Å²) in [5.41, 5.74) is 0.00723. The Morgan fingerprint density at radius 2 is 1.62 bits per heavy atom. The second kappa shape index (κ2) is 7.86. The molecule has 0 bridgehead atoms. The second-order valence-corrected chi connectivity index (χ2v) is 6.26. The van der Waals surface area contributed by atoms with Crippen LogP contribution in [0, 0.1) is 18.8 Å². The monoisotopic (exact) mass is 324 g/mol. The number of ether oxygens (including phenoxy) is 1. The van der Waals surface area contributed by atoms with Crippen molar-refractivity contribution in [1.82, 2.24) is 0 Å². The van der Waals surface area contributed by atoms with Gasteiger partial charge >= 0.3 is 58.4 Å². The Morgan fingerprint density at radius 1 is 1.05 bits per heavy atom. The smallest absolute Gasteiger partial charge is 0.490 e.